The lowest BCUT2D eigenvalue weighted by Crippen LogP contribution is -2.27. The van der Waals surface area contributed by atoms with E-state index in [1.165, 1.54) is 11.8 Å². The van der Waals surface area contributed by atoms with Crippen molar-refractivity contribution in [2.75, 3.05) is 30.3 Å². The van der Waals surface area contributed by atoms with Gasteiger partial charge in [0.2, 0.25) is 5.91 Å². The number of para-hydroxylation sites is 2. The van der Waals surface area contributed by atoms with Crippen LogP contribution in [0.4, 0.5) is 10.5 Å². The Morgan fingerprint density at radius 3 is 2.83 bits per heavy atom. The Morgan fingerprint density at radius 1 is 1.24 bits per heavy atom. The van der Waals surface area contributed by atoms with Crippen LogP contribution in [0.15, 0.2) is 58.2 Å². The van der Waals surface area contributed by atoms with E-state index in [4.69, 9.17) is 4.42 Å². The van der Waals surface area contributed by atoms with E-state index in [0.717, 1.165) is 16.8 Å². The molecule has 29 heavy (non-hydrogen) atoms. The normalized spacial score (nSPS) is 13.1. The molecule has 1 aromatic heterocycles. The highest BCUT2D eigenvalue weighted by atomic mass is 32.2. The molecule has 1 fully saturated rings. The van der Waals surface area contributed by atoms with Crippen molar-refractivity contribution in [2.24, 2.45) is 0 Å². The average molecular weight is 406 g/mol. The third kappa shape index (κ3) is 4.70. The van der Waals surface area contributed by atoms with E-state index >= 15 is 0 Å². The van der Waals surface area contributed by atoms with Crippen LogP contribution in [0.2, 0.25) is 0 Å². The van der Waals surface area contributed by atoms with E-state index in [-0.39, 0.29) is 24.2 Å². The Hall–Kier alpha value is -3.44. The summed E-state index contributed by atoms with van der Waals surface area (Å²) in [4.78, 5) is 29.6. The molecule has 7 nitrogen and oxygen atoms in total. The first-order valence-corrected chi connectivity index (χ1v) is 10.1. The predicted octanol–water partition coefficient (Wildman–Crippen LogP) is 2.62. The van der Waals surface area contributed by atoms with Crippen molar-refractivity contribution in [3.05, 3.63) is 54.1 Å². The highest BCUT2D eigenvalue weighted by molar-refractivity contribution is 7.99. The first-order chi connectivity index (χ1) is 14.2. The Morgan fingerprint density at radius 2 is 2.07 bits per heavy atom. The maximum absolute atomic E-state index is 12.0. The molecule has 0 atom stereocenters. The molecule has 0 saturated carbocycles. The van der Waals surface area contributed by atoms with Crippen LogP contribution in [0, 0.1) is 11.8 Å². The molecule has 2 N–H and O–H groups in total. The quantitative estimate of drug-likeness (QED) is 0.502. The van der Waals surface area contributed by atoms with Gasteiger partial charge >= 0.3 is 6.03 Å². The van der Waals surface area contributed by atoms with E-state index in [1.54, 1.807) is 4.90 Å². The highest BCUT2D eigenvalue weighted by Crippen LogP contribution is 2.22. The molecule has 2 heterocycles. The van der Waals surface area contributed by atoms with Gasteiger partial charge in [-0.05, 0) is 36.4 Å². The van der Waals surface area contributed by atoms with Gasteiger partial charge in [0.1, 0.15) is 5.52 Å². The fraction of sp³-hybridized carbons (Fsp3) is 0.190. The van der Waals surface area contributed by atoms with Gasteiger partial charge < -0.3 is 15.1 Å². The van der Waals surface area contributed by atoms with Crippen LogP contribution in [0.3, 0.4) is 0 Å². The molecule has 3 aromatic rings. The molecule has 146 valence electrons. The zero-order chi connectivity index (χ0) is 20.1. The van der Waals surface area contributed by atoms with Crippen molar-refractivity contribution in [1.29, 1.82) is 0 Å². The van der Waals surface area contributed by atoms with Crippen molar-refractivity contribution < 1.29 is 14.0 Å². The first-order valence-electron chi connectivity index (χ1n) is 9.08. The predicted molar refractivity (Wildman–Crippen MR) is 112 cm³/mol. The number of benzene rings is 2. The molecular formula is C21H18N4O3S. The Balaban J connectivity index is 1.23. The molecule has 2 aromatic carbocycles. The summed E-state index contributed by atoms with van der Waals surface area (Å²) < 4.78 is 5.57. The standard InChI is InChI=1S/C21H18N4O3S/c26-19(14-29-21-24-17-5-1-2-6-18(17)28-21)22-11-3-4-15-7-9-16(10-8-15)25-13-12-23-20(25)27/h1-2,5-10H,11-14H2,(H,22,26)(H,23,27). The number of oxazole rings is 1. The number of fused-ring (bicyclic) bond motifs is 1. The van der Waals surface area contributed by atoms with Gasteiger partial charge in [0.15, 0.2) is 5.58 Å². The van der Waals surface area contributed by atoms with Crippen molar-refractivity contribution in [3.63, 3.8) is 0 Å². The first kappa shape index (κ1) is 18.9. The van der Waals surface area contributed by atoms with Crippen LogP contribution >= 0.6 is 11.8 Å². The second kappa shape index (κ2) is 8.71. The van der Waals surface area contributed by atoms with Crippen LogP contribution in [0.1, 0.15) is 5.56 Å². The lowest BCUT2D eigenvalue weighted by molar-refractivity contribution is -0.118. The number of carbonyl (C=O) groups excluding carboxylic acids is 2. The van der Waals surface area contributed by atoms with Gasteiger partial charge in [-0.3, -0.25) is 9.69 Å². The number of nitrogens with zero attached hydrogens (tertiary/aromatic N) is 2. The van der Waals surface area contributed by atoms with E-state index in [9.17, 15) is 9.59 Å². The summed E-state index contributed by atoms with van der Waals surface area (Å²) in [5, 5.41) is 6.00. The second-order valence-corrected chi connectivity index (χ2v) is 7.17. The average Bonchev–Trinajstić information content (AvgIpc) is 3.36. The Labute approximate surface area is 171 Å². The number of urea groups is 1. The molecule has 8 heteroatoms. The summed E-state index contributed by atoms with van der Waals surface area (Å²) in [5.41, 5.74) is 3.15. The SMILES string of the molecule is O=C(CSc1nc2ccccc2o1)NCC#Cc1ccc(N2CCNC2=O)cc1. The smallest absolute Gasteiger partial charge is 0.321 e. The van der Waals surface area contributed by atoms with Gasteiger partial charge in [-0.2, -0.15) is 0 Å². The van der Waals surface area contributed by atoms with Gasteiger partial charge in [-0.25, -0.2) is 9.78 Å². The van der Waals surface area contributed by atoms with Crippen molar-refractivity contribution in [1.82, 2.24) is 15.6 Å². The van der Waals surface area contributed by atoms with E-state index < -0.39 is 0 Å². The summed E-state index contributed by atoms with van der Waals surface area (Å²) in [6, 6.07) is 14.8. The summed E-state index contributed by atoms with van der Waals surface area (Å²) in [6.07, 6.45) is 0. The topological polar surface area (TPSA) is 87.5 Å². The summed E-state index contributed by atoms with van der Waals surface area (Å²) >= 11 is 1.25. The number of hydrogen-bond acceptors (Lipinski definition) is 5. The number of thioether (sulfide) groups is 1. The summed E-state index contributed by atoms with van der Waals surface area (Å²) in [5.74, 6) is 6.00. The molecule has 0 spiro atoms. The second-order valence-electron chi connectivity index (χ2n) is 6.25. The molecule has 3 amide bonds. The molecule has 0 radical (unpaired) electrons. The number of carbonyl (C=O) groups is 2. The fourth-order valence-electron chi connectivity index (χ4n) is 2.82. The van der Waals surface area contributed by atoms with Crippen molar-refractivity contribution in [3.8, 4) is 11.8 Å². The minimum atomic E-state index is -0.137. The third-order valence-electron chi connectivity index (χ3n) is 4.24. The number of anilines is 1. The monoisotopic (exact) mass is 406 g/mol. The molecule has 1 saturated heterocycles. The third-order valence-corrected chi connectivity index (χ3v) is 5.07. The van der Waals surface area contributed by atoms with E-state index in [0.29, 0.717) is 23.9 Å². The van der Waals surface area contributed by atoms with Gasteiger partial charge in [-0.1, -0.05) is 35.7 Å². The van der Waals surface area contributed by atoms with E-state index in [1.807, 2.05) is 48.5 Å². The van der Waals surface area contributed by atoms with Gasteiger partial charge in [-0.15, -0.1) is 0 Å². The molecule has 1 aliphatic heterocycles. The zero-order valence-electron chi connectivity index (χ0n) is 15.5. The molecule has 4 rings (SSSR count). The number of aromatic nitrogens is 1. The molecule has 0 bridgehead atoms. The Kier molecular flexibility index (Phi) is 5.68. The maximum atomic E-state index is 12.0. The minimum absolute atomic E-state index is 0.0812. The lowest BCUT2D eigenvalue weighted by atomic mass is 10.2. The van der Waals surface area contributed by atoms with Crippen LogP contribution < -0.4 is 15.5 Å². The lowest BCUT2D eigenvalue weighted by Gasteiger charge is -2.13. The van der Waals surface area contributed by atoms with Crippen molar-refractivity contribution >= 4 is 40.5 Å². The van der Waals surface area contributed by atoms with Crippen LogP contribution in [0.5, 0.6) is 0 Å². The molecule has 0 unspecified atom stereocenters. The minimum Gasteiger partial charge on any atom is -0.431 e. The maximum Gasteiger partial charge on any atom is 0.321 e. The number of hydrogen-bond donors (Lipinski definition) is 2. The number of nitrogens with one attached hydrogen (secondary N) is 2. The van der Waals surface area contributed by atoms with Gasteiger partial charge in [0, 0.05) is 24.3 Å². The Bertz CT molecular complexity index is 1070. The fourth-order valence-corrected chi connectivity index (χ4v) is 3.49. The number of amides is 3. The molecular weight excluding hydrogens is 388 g/mol. The van der Waals surface area contributed by atoms with Crippen LogP contribution in [-0.2, 0) is 4.79 Å². The van der Waals surface area contributed by atoms with Crippen LogP contribution in [-0.4, -0.2) is 42.3 Å². The van der Waals surface area contributed by atoms with Gasteiger partial charge in [0.25, 0.3) is 5.22 Å². The highest BCUT2D eigenvalue weighted by Gasteiger charge is 2.20. The summed E-state index contributed by atoms with van der Waals surface area (Å²) in [7, 11) is 0. The largest absolute Gasteiger partial charge is 0.431 e. The molecule has 1 aliphatic rings. The van der Waals surface area contributed by atoms with E-state index in [2.05, 4.69) is 27.5 Å². The van der Waals surface area contributed by atoms with Crippen molar-refractivity contribution in [2.45, 2.75) is 5.22 Å². The summed E-state index contributed by atoms with van der Waals surface area (Å²) in [6.45, 7) is 1.57. The zero-order valence-corrected chi connectivity index (χ0v) is 16.3. The van der Waals surface area contributed by atoms with Gasteiger partial charge in [0.05, 0.1) is 12.3 Å². The van der Waals surface area contributed by atoms with Crippen LogP contribution in [0.25, 0.3) is 11.1 Å². The number of rotatable bonds is 5. The molecule has 0 aliphatic carbocycles.